The van der Waals surface area contributed by atoms with Crippen LogP contribution in [0, 0.1) is 16.7 Å². The van der Waals surface area contributed by atoms with Crippen LogP contribution in [-0.2, 0) is 0 Å². The van der Waals surface area contributed by atoms with E-state index in [0.29, 0.717) is 5.41 Å². The van der Waals surface area contributed by atoms with Crippen LogP contribution >= 0.6 is 0 Å². The molecular weight excluding hydrogens is 188 g/mol. The fraction of sp³-hybridized carbons (Fsp3) is 0.545. The van der Waals surface area contributed by atoms with Crippen molar-refractivity contribution in [1.29, 1.82) is 5.26 Å². The van der Waals surface area contributed by atoms with Crippen molar-refractivity contribution in [3.63, 3.8) is 0 Å². The topological polar surface area (TPSA) is 52.8 Å². The molecule has 1 saturated heterocycles. The van der Waals surface area contributed by atoms with E-state index in [9.17, 15) is 0 Å². The predicted octanol–water partition coefficient (Wildman–Crippen LogP) is 1.34. The minimum atomic E-state index is 0.268. The fourth-order valence-electron chi connectivity index (χ4n) is 2.29. The fourth-order valence-corrected chi connectivity index (χ4v) is 2.29. The molecule has 1 spiro atoms. The minimum Gasteiger partial charge on any atom is -0.356 e. The van der Waals surface area contributed by atoms with E-state index in [1.807, 2.05) is 12.1 Å². The first-order valence-corrected chi connectivity index (χ1v) is 5.29. The van der Waals surface area contributed by atoms with E-state index in [0.717, 1.165) is 18.9 Å². The van der Waals surface area contributed by atoms with E-state index in [4.69, 9.17) is 5.26 Å². The van der Waals surface area contributed by atoms with Gasteiger partial charge in [-0.05, 0) is 30.7 Å². The van der Waals surface area contributed by atoms with Crippen molar-refractivity contribution in [2.24, 2.45) is 5.41 Å². The third-order valence-electron chi connectivity index (χ3n) is 3.46. The molecule has 0 radical (unpaired) electrons. The Balaban J connectivity index is 1.84. The molecule has 2 heterocycles. The normalized spacial score (nSPS) is 21.7. The lowest BCUT2D eigenvalue weighted by molar-refractivity contribution is 0.580. The van der Waals surface area contributed by atoms with Gasteiger partial charge in [0, 0.05) is 19.3 Å². The van der Waals surface area contributed by atoms with Crippen molar-refractivity contribution < 1.29 is 0 Å². The maximum atomic E-state index is 8.73. The van der Waals surface area contributed by atoms with Gasteiger partial charge in [-0.15, -0.1) is 0 Å². The van der Waals surface area contributed by atoms with Crippen LogP contribution in [0.4, 0.5) is 5.82 Å². The molecule has 15 heavy (non-hydrogen) atoms. The molecule has 2 aliphatic rings. The summed E-state index contributed by atoms with van der Waals surface area (Å²) >= 11 is 0. The molecule has 0 aromatic carbocycles. The zero-order chi connectivity index (χ0) is 10.3. The minimum absolute atomic E-state index is 0.268. The lowest BCUT2D eigenvalue weighted by Crippen LogP contribution is -2.21. The molecular formula is C11H12N4. The van der Waals surface area contributed by atoms with E-state index in [2.05, 4.69) is 14.9 Å². The van der Waals surface area contributed by atoms with Crippen LogP contribution in [0.3, 0.4) is 0 Å². The number of aromatic nitrogens is 2. The molecule has 0 bridgehead atoms. The van der Waals surface area contributed by atoms with Gasteiger partial charge in [0.2, 0.25) is 5.82 Å². The molecule has 0 N–H and O–H groups in total. The van der Waals surface area contributed by atoms with Gasteiger partial charge in [-0.3, -0.25) is 0 Å². The van der Waals surface area contributed by atoms with Crippen molar-refractivity contribution in [2.45, 2.75) is 19.3 Å². The number of hydrogen-bond donors (Lipinski definition) is 0. The van der Waals surface area contributed by atoms with Gasteiger partial charge >= 0.3 is 0 Å². The molecule has 4 heteroatoms. The zero-order valence-corrected chi connectivity index (χ0v) is 8.48. The van der Waals surface area contributed by atoms with Crippen molar-refractivity contribution in [2.75, 3.05) is 18.0 Å². The second-order valence-corrected chi connectivity index (χ2v) is 4.52. The molecule has 1 aliphatic heterocycles. The van der Waals surface area contributed by atoms with Gasteiger partial charge in [-0.2, -0.15) is 5.26 Å². The molecule has 0 atom stereocenters. The summed E-state index contributed by atoms with van der Waals surface area (Å²) in [5, 5.41) is 8.73. The largest absolute Gasteiger partial charge is 0.356 e. The maximum Gasteiger partial charge on any atom is 0.234 e. The second-order valence-electron chi connectivity index (χ2n) is 4.52. The van der Waals surface area contributed by atoms with Crippen molar-refractivity contribution in [3.05, 3.63) is 18.1 Å². The number of rotatable bonds is 1. The molecule has 2 fully saturated rings. The predicted molar refractivity (Wildman–Crippen MR) is 55.2 cm³/mol. The van der Waals surface area contributed by atoms with Crippen molar-refractivity contribution >= 4 is 5.82 Å². The Hall–Kier alpha value is -1.63. The summed E-state index contributed by atoms with van der Waals surface area (Å²) in [6.07, 6.45) is 5.66. The Morgan fingerprint density at radius 1 is 1.40 bits per heavy atom. The number of nitriles is 1. The summed E-state index contributed by atoms with van der Waals surface area (Å²) in [6, 6.07) is 3.87. The van der Waals surface area contributed by atoms with Gasteiger partial charge in [-0.1, -0.05) is 0 Å². The average Bonchev–Trinajstić information content (AvgIpc) is 2.89. The van der Waals surface area contributed by atoms with Crippen LogP contribution in [0.2, 0.25) is 0 Å². The number of nitrogens with zero attached hydrogens (tertiary/aromatic N) is 4. The van der Waals surface area contributed by atoms with Crippen LogP contribution in [0.1, 0.15) is 25.1 Å². The highest BCUT2D eigenvalue weighted by molar-refractivity contribution is 5.41. The summed E-state index contributed by atoms with van der Waals surface area (Å²) in [5.74, 6) is 1.18. The van der Waals surface area contributed by atoms with E-state index in [-0.39, 0.29) is 5.82 Å². The Morgan fingerprint density at radius 2 is 2.27 bits per heavy atom. The molecule has 1 aromatic rings. The van der Waals surface area contributed by atoms with Crippen LogP contribution in [-0.4, -0.2) is 23.1 Å². The second kappa shape index (κ2) is 2.93. The molecule has 1 aliphatic carbocycles. The monoisotopic (exact) mass is 200 g/mol. The Bertz CT molecular complexity index is 430. The van der Waals surface area contributed by atoms with E-state index in [1.165, 1.54) is 19.3 Å². The molecule has 1 saturated carbocycles. The standard InChI is InChI=1S/C11H12N4/c12-7-9-13-5-1-10(14-9)15-6-4-11(8-15)2-3-11/h1,5H,2-4,6,8H2. The van der Waals surface area contributed by atoms with Crippen LogP contribution in [0.15, 0.2) is 12.3 Å². The third-order valence-corrected chi connectivity index (χ3v) is 3.46. The van der Waals surface area contributed by atoms with Crippen molar-refractivity contribution in [1.82, 2.24) is 9.97 Å². The highest BCUT2D eigenvalue weighted by Crippen LogP contribution is 2.53. The van der Waals surface area contributed by atoms with E-state index in [1.54, 1.807) is 6.20 Å². The van der Waals surface area contributed by atoms with Gasteiger partial charge in [0.05, 0.1) is 0 Å². The SMILES string of the molecule is N#Cc1nccc(N2CCC3(CC3)C2)n1. The van der Waals surface area contributed by atoms with E-state index >= 15 is 0 Å². The lowest BCUT2D eigenvalue weighted by atomic mass is 10.1. The summed E-state index contributed by atoms with van der Waals surface area (Å²) in [7, 11) is 0. The highest BCUT2D eigenvalue weighted by Gasteiger charge is 2.47. The number of hydrogen-bond acceptors (Lipinski definition) is 4. The first-order valence-electron chi connectivity index (χ1n) is 5.29. The van der Waals surface area contributed by atoms with Crippen LogP contribution in [0.5, 0.6) is 0 Å². The quantitative estimate of drug-likeness (QED) is 0.686. The average molecular weight is 200 g/mol. The molecule has 3 rings (SSSR count). The molecule has 0 unspecified atom stereocenters. The first-order chi connectivity index (χ1) is 7.31. The summed E-state index contributed by atoms with van der Waals surface area (Å²) < 4.78 is 0. The first kappa shape index (κ1) is 8.66. The molecule has 76 valence electrons. The summed E-state index contributed by atoms with van der Waals surface area (Å²) in [6.45, 7) is 2.18. The third kappa shape index (κ3) is 1.44. The molecule has 4 nitrogen and oxygen atoms in total. The van der Waals surface area contributed by atoms with Crippen LogP contribution in [0.25, 0.3) is 0 Å². The highest BCUT2D eigenvalue weighted by atomic mass is 15.2. The van der Waals surface area contributed by atoms with E-state index < -0.39 is 0 Å². The Labute approximate surface area is 88.6 Å². The van der Waals surface area contributed by atoms with Crippen molar-refractivity contribution in [3.8, 4) is 6.07 Å². The molecule has 1 aromatic heterocycles. The summed E-state index contributed by atoms with van der Waals surface area (Å²) in [4.78, 5) is 10.4. The Kier molecular flexibility index (Phi) is 1.69. The smallest absolute Gasteiger partial charge is 0.234 e. The number of anilines is 1. The maximum absolute atomic E-state index is 8.73. The Morgan fingerprint density at radius 3 is 2.93 bits per heavy atom. The van der Waals surface area contributed by atoms with Gasteiger partial charge in [0.1, 0.15) is 11.9 Å². The zero-order valence-electron chi connectivity index (χ0n) is 8.48. The summed E-state index contributed by atoms with van der Waals surface area (Å²) in [5.41, 5.74) is 0.595. The lowest BCUT2D eigenvalue weighted by Gasteiger charge is -2.16. The molecule has 0 amide bonds. The van der Waals surface area contributed by atoms with Crippen LogP contribution < -0.4 is 4.90 Å². The van der Waals surface area contributed by atoms with Gasteiger partial charge in [0.15, 0.2) is 0 Å². The van der Waals surface area contributed by atoms with Gasteiger partial charge < -0.3 is 4.90 Å². The van der Waals surface area contributed by atoms with Gasteiger partial charge in [0.25, 0.3) is 0 Å². The van der Waals surface area contributed by atoms with Gasteiger partial charge in [-0.25, -0.2) is 9.97 Å².